The van der Waals surface area contributed by atoms with Gasteiger partial charge < -0.3 is 10.1 Å². The SMILES string of the molecule is CC(C)CN=C(NN)NC1CCOC1C. The second-order valence-electron chi connectivity index (χ2n) is 4.34. The molecule has 0 bridgehead atoms. The van der Waals surface area contributed by atoms with Gasteiger partial charge in [0.1, 0.15) is 0 Å². The third kappa shape index (κ3) is 4.05. The van der Waals surface area contributed by atoms with E-state index in [0.717, 1.165) is 19.6 Å². The zero-order valence-corrected chi connectivity index (χ0v) is 9.79. The molecule has 0 spiro atoms. The maximum atomic E-state index is 5.45. The average molecular weight is 214 g/mol. The molecule has 2 atom stereocenters. The maximum absolute atomic E-state index is 5.45. The molecule has 1 fully saturated rings. The van der Waals surface area contributed by atoms with E-state index in [1.807, 2.05) is 0 Å². The Hall–Kier alpha value is -0.810. The summed E-state index contributed by atoms with van der Waals surface area (Å²) in [6, 6.07) is 0.312. The molecular weight excluding hydrogens is 192 g/mol. The smallest absolute Gasteiger partial charge is 0.206 e. The van der Waals surface area contributed by atoms with Crippen LogP contribution in [-0.4, -0.2) is 31.3 Å². The molecule has 0 amide bonds. The minimum absolute atomic E-state index is 0.225. The summed E-state index contributed by atoms with van der Waals surface area (Å²) < 4.78 is 5.45. The Balaban J connectivity index is 2.42. The van der Waals surface area contributed by atoms with Crippen LogP contribution in [0.2, 0.25) is 0 Å². The van der Waals surface area contributed by atoms with Crippen molar-refractivity contribution in [1.29, 1.82) is 0 Å². The van der Waals surface area contributed by atoms with Crippen LogP contribution in [0.25, 0.3) is 0 Å². The number of guanidine groups is 1. The van der Waals surface area contributed by atoms with E-state index in [0.29, 0.717) is 17.9 Å². The first-order chi connectivity index (χ1) is 7.13. The van der Waals surface area contributed by atoms with Gasteiger partial charge in [0.15, 0.2) is 0 Å². The molecule has 88 valence electrons. The van der Waals surface area contributed by atoms with Crippen molar-refractivity contribution >= 4 is 5.96 Å². The van der Waals surface area contributed by atoms with Crippen molar-refractivity contribution in [3.05, 3.63) is 0 Å². The fraction of sp³-hybridized carbons (Fsp3) is 0.900. The van der Waals surface area contributed by atoms with Gasteiger partial charge in [0, 0.05) is 13.2 Å². The molecule has 0 aliphatic carbocycles. The average Bonchev–Trinajstić information content (AvgIpc) is 2.58. The van der Waals surface area contributed by atoms with E-state index in [1.54, 1.807) is 0 Å². The third-order valence-corrected chi connectivity index (χ3v) is 2.45. The molecule has 15 heavy (non-hydrogen) atoms. The number of nitrogens with one attached hydrogen (secondary N) is 2. The minimum Gasteiger partial charge on any atom is -0.376 e. The molecule has 1 rings (SSSR count). The summed E-state index contributed by atoms with van der Waals surface area (Å²) >= 11 is 0. The number of hydrazine groups is 1. The number of nitrogens with zero attached hydrogens (tertiary/aromatic N) is 1. The minimum atomic E-state index is 0.225. The number of nitrogens with two attached hydrogens (primary N) is 1. The second kappa shape index (κ2) is 5.92. The monoisotopic (exact) mass is 214 g/mol. The van der Waals surface area contributed by atoms with E-state index in [-0.39, 0.29) is 6.10 Å². The Morgan fingerprint density at radius 1 is 1.60 bits per heavy atom. The molecule has 5 heteroatoms. The molecule has 1 heterocycles. The van der Waals surface area contributed by atoms with Crippen LogP contribution in [0.3, 0.4) is 0 Å². The topological polar surface area (TPSA) is 71.7 Å². The lowest BCUT2D eigenvalue weighted by Crippen LogP contribution is -2.48. The van der Waals surface area contributed by atoms with Crippen LogP contribution in [0.15, 0.2) is 4.99 Å². The molecule has 0 aromatic carbocycles. The Morgan fingerprint density at radius 3 is 2.80 bits per heavy atom. The molecule has 1 aliphatic rings. The molecule has 2 unspecified atom stereocenters. The van der Waals surface area contributed by atoms with E-state index in [4.69, 9.17) is 10.6 Å². The van der Waals surface area contributed by atoms with Gasteiger partial charge in [-0.3, -0.25) is 10.4 Å². The van der Waals surface area contributed by atoms with Crippen molar-refractivity contribution in [3.63, 3.8) is 0 Å². The van der Waals surface area contributed by atoms with Crippen molar-refractivity contribution < 1.29 is 4.74 Å². The molecule has 1 saturated heterocycles. The van der Waals surface area contributed by atoms with E-state index < -0.39 is 0 Å². The van der Waals surface area contributed by atoms with Crippen molar-refractivity contribution in [1.82, 2.24) is 10.7 Å². The summed E-state index contributed by atoms with van der Waals surface area (Å²) in [5.41, 5.74) is 2.59. The predicted molar refractivity (Wildman–Crippen MR) is 61.4 cm³/mol. The zero-order chi connectivity index (χ0) is 11.3. The molecule has 5 nitrogen and oxygen atoms in total. The Kier molecular flexibility index (Phi) is 4.84. The summed E-state index contributed by atoms with van der Waals surface area (Å²) in [5.74, 6) is 6.59. The summed E-state index contributed by atoms with van der Waals surface area (Å²) in [5, 5.41) is 3.26. The van der Waals surface area contributed by atoms with Crippen molar-refractivity contribution in [3.8, 4) is 0 Å². The normalized spacial score (nSPS) is 27.1. The molecule has 0 saturated carbocycles. The number of rotatable bonds is 3. The Labute approximate surface area is 91.4 Å². The van der Waals surface area contributed by atoms with Crippen LogP contribution in [0, 0.1) is 5.92 Å². The number of hydrogen-bond acceptors (Lipinski definition) is 3. The maximum Gasteiger partial charge on any atom is 0.206 e. The molecule has 4 N–H and O–H groups in total. The van der Waals surface area contributed by atoms with Crippen LogP contribution in [0.5, 0.6) is 0 Å². The van der Waals surface area contributed by atoms with Crippen LogP contribution in [0.1, 0.15) is 27.2 Å². The number of ether oxygens (including phenoxy) is 1. The highest BCUT2D eigenvalue weighted by Gasteiger charge is 2.24. The highest BCUT2D eigenvalue weighted by atomic mass is 16.5. The van der Waals surface area contributed by atoms with Gasteiger partial charge in [0.05, 0.1) is 12.1 Å². The first kappa shape index (κ1) is 12.3. The quantitative estimate of drug-likeness (QED) is 0.272. The summed E-state index contributed by atoms with van der Waals surface area (Å²) in [6.07, 6.45) is 1.23. The Morgan fingerprint density at radius 2 is 2.33 bits per heavy atom. The van der Waals surface area contributed by atoms with Gasteiger partial charge in [0.25, 0.3) is 0 Å². The van der Waals surface area contributed by atoms with Crippen LogP contribution < -0.4 is 16.6 Å². The van der Waals surface area contributed by atoms with Gasteiger partial charge in [-0.1, -0.05) is 13.8 Å². The molecule has 0 aromatic heterocycles. The van der Waals surface area contributed by atoms with E-state index in [9.17, 15) is 0 Å². The third-order valence-electron chi connectivity index (χ3n) is 2.45. The first-order valence-electron chi connectivity index (χ1n) is 5.52. The highest BCUT2D eigenvalue weighted by Crippen LogP contribution is 2.12. The lowest BCUT2D eigenvalue weighted by Gasteiger charge is -2.18. The van der Waals surface area contributed by atoms with Crippen molar-refractivity contribution in [2.24, 2.45) is 16.8 Å². The van der Waals surface area contributed by atoms with E-state index in [2.05, 4.69) is 36.5 Å². The summed E-state index contributed by atoms with van der Waals surface area (Å²) in [6.45, 7) is 7.88. The van der Waals surface area contributed by atoms with E-state index in [1.165, 1.54) is 0 Å². The summed E-state index contributed by atoms with van der Waals surface area (Å²) in [7, 11) is 0. The highest BCUT2D eigenvalue weighted by molar-refractivity contribution is 5.79. The fourth-order valence-corrected chi connectivity index (χ4v) is 1.50. The van der Waals surface area contributed by atoms with Gasteiger partial charge in [-0.15, -0.1) is 0 Å². The first-order valence-corrected chi connectivity index (χ1v) is 5.52. The molecule has 0 aromatic rings. The van der Waals surface area contributed by atoms with Crippen LogP contribution in [0.4, 0.5) is 0 Å². The summed E-state index contributed by atoms with van der Waals surface area (Å²) in [4.78, 5) is 4.35. The largest absolute Gasteiger partial charge is 0.376 e. The molecular formula is C10H22N4O. The van der Waals surface area contributed by atoms with Gasteiger partial charge in [-0.2, -0.15) is 0 Å². The number of hydrogen-bond donors (Lipinski definition) is 3. The fourth-order valence-electron chi connectivity index (χ4n) is 1.50. The Bertz CT molecular complexity index is 217. The second-order valence-corrected chi connectivity index (χ2v) is 4.34. The lowest BCUT2D eigenvalue weighted by atomic mass is 10.2. The van der Waals surface area contributed by atoms with Crippen LogP contribution >= 0.6 is 0 Å². The van der Waals surface area contributed by atoms with Crippen molar-refractivity contribution in [2.45, 2.75) is 39.3 Å². The zero-order valence-electron chi connectivity index (χ0n) is 9.79. The van der Waals surface area contributed by atoms with Gasteiger partial charge in [-0.05, 0) is 19.3 Å². The number of aliphatic imine (C=N–C) groups is 1. The molecule has 1 aliphatic heterocycles. The lowest BCUT2D eigenvalue weighted by molar-refractivity contribution is 0.116. The van der Waals surface area contributed by atoms with E-state index >= 15 is 0 Å². The van der Waals surface area contributed by atoms with Crippen LogP contribution in [-0.2, 0) is 4.74 Å². The van der Waals surface area contributed by atoms with Gasteiger partial charge in [-0.25, -0.2) is 5.84 Å². The van der Waals surface area contributed by atoms with Crippen molar-refractivity contribution in [2.75, 3.05) is 13.2 Å². The predicted octanol–water partition coefficient (Wildman–Crippen LogP) is 0.229. The molecule has 0 radical (unpaired) electrons. The van der Waals surface area contributed by atoms with Gasteiger partial charge in [0.2, 0.25) is 5.96 Å². The standard InChI is InChI=1S/C10H22N4O/c1-7(2)6-12-10(14-11)13-9-4-5-15-8(9)3/h7-9H,4-6,11H2,1-3H3,(H2,12,13,14). The van der Waals surface area contributed by atoms with Gasteiger partial charge >= 0.3 is 0 Å².